The highest BCUT2D eigenvalue weighted by molar-refractivity contribution is 7.99. The summed E-state index contributed by atoms with van der Waals surface area (Å²) in [6, 6.07) is 5.20. The molecular formula is C25H28N6O3S2. The van der Waals surface area contributed by atoms with Gasteiger partial charge in [0.25, 0.3) is 11.6 Å². The molecule has 2 N–H and O–H groups in total. The minimum atomic E-state index is -0.411. The third-order valence-electron chi connectivity index (χ3n) is 6.61. The van der Waals surface area contributed by atoms with Crippen molar-refractivity contribution >= 4 is 45.9 Å². The second-order valence-corrected chi connectivity index (χ2v) is 11.3. The molecule has 0 spiro atoms. The molecular weight excluding hydrogens is 496 g/mol. The summed E-state index contributed by atoms with van der Waals surface area (Å²) < 4.78 is 0. The molecule has 1 fully saturated rings. The van der Waals surface area contributed by atoms with Crippen molar-refractivity contribution in [1.29, 1.82) is 0 Å². The maximum absolute atomic E-state index is 13.4. The van der Waals surface area contributed by atoms with Gasteiger partial charge in [-0.15, -0.1) is 16.4 Å². The van der Waals surface area contributed by atoms with Crippen LogP contribution in [-0.4, -0.2) is 38.3 Å². The average Bonchev–Trinajstić information content (AvgIpc) is 3.46. The first-order chi connectivity index (χ1) is 17.5. The van der Waals surface area contributed by atoms with E-state index in [1.807, 2.05) is 0 Å². The fraction of sp³-hybridized carbons (Fsp3) is 0.440. The molecule has 1 saturated carbocycles. The van der Waals surface area contributed by atoms with E-state index in [1.54, 1.807) is 36.6 Å². The van der Waals surface area contributed by atoms with Crippen LogP contribution in [0.15, 0.2) is 33.2 Å². The highest BCUT2D eigenvalue weighted by Crippen LogP contribution is 2.40. The molecule has 2 aliphatic rings. The standard InChI is InChI=1S/C25H28N6O3S2/c1-15-27-25(30-29-15)36-21-12-11-16(13-19(21)31(33)34)14-26-24-22(18-9-5-6-10-20(18)35-24)23(32)28-17-7-3-2-4-8-17/h11-14,17H,2-10H2,1H3,(H,28,32)(H,27,29,30). The van der Waals surface area contributed by atoms with Crippen LogP contribution >= 0.6 is 23.1 Å². The van der Waals surface area contributed by atoms with E-state index in [0.29, 0.717) is 32.0 Å². The maximum Gasteiger partial charge on any atom is 0.283 e. The second-order valence-electron chi connectivity index (χ2n) is 9.25. The Morgan fingerprint density at radius 1 is 1.25 bits per heavy atom. The number of thiophene rings is 1. The largest absolute Gasteiger partial charge is 0.349 e. The molecule has 0 bridgehead atoms. The third kappa shape index (κ3) is 5.52. The number of hydrogen-bond acceptors (Lipinski definition) is 8. The Morgan fingerprint density at radius 3 is 2.81 bits per heavy atom. The number of nitro groups is 1. The van der Waals surface area contributed by atoms with E-state index in [2.05, 4.69) is 25.5 Å². The minimum absolute atomic E-state index is 0.0343. The maximum atomic E-state index is 13.4. The van der Waals surface area contributed by atoms with Crippen LogP contribution in [0.25, 0.3) is 0 Å². The fourth-order valence-electron chi connectivity index (χ4n) is 4.82. The van der Waals surface area contributed by atoms with Crippen molar-refractivity contribution in [3.8, 4) is 0 Å². The zero-order valence-electron chi connectivity index (χ0n) is 20.1. The molecule has 3 aromatic rings. The molecule has 9 nitrogen and oxygen atoms in total. The topological polar surface area (TPSA) is 126 Å². The molecule has 5 rings (SSSR count). The Morgan fingerprint density at radius 2 is 2.06 bits per heavy atom. The fourth-order valence-corrected chi connectivity index (χ4v) is 6.90. The van der Waals surface area contributed by atoms with Gasteiger partial charge in [0.2, 0.25) is 5.16 Å². The van der Waals surface area contributed by atoms with Crippen molar-refractivity contribution in [2.45, 2.75) is 80.8 Å². The van der Waals surface area contributed by atoms with E-state index in [9.17, 15) is 14.9 Å². The molecule has 0 saturated heterocycles. The first kappa shape index (κ1) is 24.6. The average molecular weight is 525 g/mol. The zero-order valence-corrected chi connectivity index (χ0v) is 21.7. The van der Waals surface area contributed by atoms with Gasteiger partial charge in [0.15, 0.2) is 0 Å². The molecule has 2 aromatic heterocycles. The van der Waals surface area contributed by atoms with Crippen LogP contribution in [0, 0.1) is 17.0 Å². The van der Waals surface area contributed by atoms with Crippen LogP contribution in [0.4, 0.5) is 10.7 Å². The Kier molecular flexibility index (Phi) is 7.47. The van der Waals surface area contributed by atoms with E-state index in [0.717, 1.165) is 68.7 Å². The van der Waals surface area contributed by atoms with Crippen molar-refractivity contribution in [3.05, 3.63) is 55.7 Å². The molecule has 188 valence electrons. The van der Waals surface area contributed by atoms with E-state index < -0.39 is 4.92 Å². The smallest absolute Gasteiger partial charge is 0.283 e. The highest BCUT2D eigenvalue weighted by atomic mass is 32.2. The van der Waals surface area contributed by atoms with Gasteiger partial charge in [0, 0.05) is 23.2 Å². The number of benzene rings is 1. The highest BCUT2D eigenvalue weighted by Gasteiger charge is 2.27. The molecule has 2 aliphatic carbocycles. The lowest BCUT2D eigenvalue weighted by atomic mass is 9.93. The predicted molar refractivity (Wildman–Crippen MR) is 141 cm³/mol. The van der Waals surface area contributed by atoms with Crippen LogP contribution in [-0.2, 0) is 12.8 Å². The number of H-pyrrole nitrogens is 1. The number of amides is 1. The van der Waals surface area contributed by atoms with E-state index in [-0.39, 0.29) is 17.6 Å². The summed E-state index contributed by atoms with van der Waals surface area (Å²) >= 11 is 2.71. The number of carbonyl (C=O) groups is 1. The van der Waals surface area contributed by atoms with Crippen molar-refractivity contribution in [3.63, 3.8) is 0 Å². The van der Waals surface area contributed by atoms with Gasteiger partial charge in [0.05, 0.1) is 15.4 Å². The summed E-state index contributed by atoms with van der Waals surface area (Å²) in [4.78, 5) is 35.3. The molecule has 0 radical (unpaired) electrons. The Hall–Kier alpha value is -3.05. The van der Waals surface area contributed by atoms with Crippen LogP contribution < -0.4 is 5.32 Å². The van der Waals surface area contributed by atoms with Crippen LogP contribution in [0.1, 0.15) is 77.1 Å². The van der Waals surface area contributed by atoms with Crippen LogP contribution in [0.2, 0.25) is 0 Å². The van der Waals surface area contributed by atoms with Crippen LogP contribution in [0.3, 0.4) is 0 Å². The summed E-state index contributed by atoms with van der Waals surface area (Å²) in [5.74, 6) is 0.610. The predicted octanol–water partition coefficient (Wildman–Crippen LogP) is 5.93. The first-order valence-electron chi connectivity index (χ1n) is 12.3. The van der Waals surface area contributed by atoms with Gasteiger partial charge in [-0.1, -0.05) is 25.3 Å². The SMILES string of the molecule is Cc1nc(Sc2ccc(C=Nc3sc4c(c3C(=O)NC3CCCCC3)CCCC4)cc2[N+](=O)[O-])n[nH]1. The van der Waals surface area contributed by atoms with Crippen molar-refractivity contribution < 1.29 is 9.72 Å². The number of aromatic nitrogens is 3. The number of aromatic amines is 1. The molecule has 2 heterocycles. The van der Waals surface area contributed by atoms with Gasteiger partial charge in [-0.25, -0.2) is 9.98 Å². The summed E-state index contributed by atoms with van der Waals surface area (Å²) in [5, 5.41) is 22.9. The molecule has 0 atom stereocenters. The normalized spacial score (nSPS) is 16.2. The van der Waals surface area contributed by atoms with Gasteiger partial charge < -0.3 is 5.32 Å². The van der Waals surface area contributed by atoms with Gasteiger partial charge >= 0.3 is 0 Å². The molecule has 0 aliphatic heterocycles. The van der Waals surface area contributed by atoms with Crippen molar-refractivity contribution in [2.75, 3.05) is 0 Å². The van der Waals surface area contributed by atoms with Gasteiger partial charge in [-0.05, 0) is 74.4 Å². The van der Waals surface area contributed by atoms with Gasteiger partial charge in [-0.2, -0.15) is 0 Å². The quantitative estimate of drug-likeness (QED) is 0.224. The zero-order chi connectivity index (χ0) is 25.1. The lowest BCUT2D eigenvalue weighted by Crippen LogP contribution is -2.36. The lowest BCUT2D eigenvalue weighted by molar-refractivity contribution is -0.387. The molecule has 1 aromatic carbocycles. The number of carbonyl (C=O) groups excluding carboxylic acids is 1. The van der Waals surface area contributed by atoms with Crippen molar-refractivity contribution in [1.82, 2.24) is 20.5 Å². The molecule has 11 heteroatoms. The van der Waals surface area contributed by atoms with E-state index in [4.69, 9.17) is 0 Å². The van der Waals surface area contributed by atoms with Gasteiger partial charge in [0.1, 0.15) is 10.8 Å². The minimum Gasteiger partial charge on any atom is -0.349 e. The van der Waals surface area contributed by atoms with Gasteiger partial charge in [-0.3, -0.25) is 20.0 Å². The monoisotopic (exact) mass is 524 g/mol. The second kappa shape index (κ2) is 10.9. The number of fused-ring (bicyclic) bond motifs is 1. The Balaban J connectivity index is 1.41. The number of nitro benzene ring substituents is 1. The Bertz CT molecular complexity index is 1310. The van der Waals surface area contributed by atoms with E-state index >= 15 is 0 Å². The number of aliphatic imine (C=N–C) groups is 1. The van der Waals surface area contributed by atoms with Crippen LogP contribution in [0.5, 0.6) is 0 Å². The summed E-state index contributed by atoms with van der Waals surface area (Å²) in [6.07, 6.45) is 11.3. The van der Waals surface area contributed by atoms with Crippen molar-refractivity contribution in [2.24, 2.45) is 4.99 Å². The molecule has 0 unspecified atom stereocenters. The number of aryl methyl sites for hydroxylation is 2. The molecule has 1 amide bonds. The Labute approximate surface area is 217 Å². The number of nitrogens with one attached hydrogen (secondary N) is 2. The molecule has 36 heavy (non-hydrogen) atoms. The first-order valence-corrected chi connectivity index (χ1v) is 14.0. The van der Waals surface area contributed by atoms with E-state index in [1.165, 1.54) is 17.4 Å². The third-order valence-corrected chi connectivity index (χ3v) is 8.74. The number of nitrogens with zero attached hydrogens (tertiary/aromatic N) is 4. The summed E-state index contributed by atoms with van der Waals surface area (Å²) in [7, 11) is 0. The summed E-state index contributed by atoms with van der Waals surface area (Å²) in [6.45, 7) is 1.77. The number of rotatable bonds is 7. The number of hydrogen-bond donors (Lipinski definition) is 2. The summed E-state index contributed by atoms with van der Waals surface area (Å²) in [5.41, 5.74) is 2.39. The lowest BCUT2D eigenvalue weighted by Gasteiger charge is -2.23.